The molecule has 1 atom stereocenters. The van der Waals surface area contributed by atoms with Crippen LogP contribution >= 0.6 is 0 Å². The number of nitrogens with one attached hydrogen (secondary N) is 1. The van der Waals surface area contributed by atoms with E-state index < -0.39 is 29.5 Å². The summed E-state index contributed by atoms with van der Waals surface area (Å²) in [4.78, 5) is 23.6. The average molecular weight is 479 g/mol. The van der Waals surface area contributed by atoms with Crippen molar-refractivity contribution in [3.63, 3.8) is 0 Å². The predicted octanol–water partition coefficient (Wildman–Crippen LogP) is 5.69. The zero-order valence-corrected chi connectivity index (χ0v) is 19.3. The maximum absolute atomic E-state index is 13.8. The van der Waals surface area contributed by atoms with Gasteiger partial charge in [-0.15, -0.1) is 0 Å². The van der Waals surface area contributed by atoms with Gasteiger partial charge in [0.25, 0.3) is 0 Å². The van der Waals surface area contributed by atoms with Gasteiger partial charge >= 0.3 is 12.1 Å². The van der Waals surface area contributed by atoms with Crippen molar-refractivity contribution >= 4 is 17.6 Å². The summed E-state index contributed by atoms with van der Waals surface area (Å²) in [6.45, 7) is 1.14. The number of hydrogen-bond donors (Lipinski definition) is 1. The lowest BCUT2D eigenvalue weighted by atomic mass is 9.87. The van der Waals surface area contributed by atoms with Gasteiger partial charge in [-0.1, -0.05) is 12.1 Å². The zero-order chi connectivity index (χ0) is 24.9. The van der Waals surface area contributed by atoms with Crippen LogP contribution in [0.15, 0.2) is 36.4 Å². The van der Waals surface area contributed by atoms with Crippen LogP contribution in [0.5, 0.6) is 11.5 Å². The third kappa shape index (κ3) is 6.21. The molecule has 184 valence electrons. The van der Waals surface area contributed by atoms with Gasteiger partial charge in [-0.25, -0.2) is 0 Å². The van der Waals surface area contributed by atoms with E-state index in [1.54, 1.807) is 18.2 Å². The number of amides is 1. The number of carbonyl (C=O) groups excluding carboxylic acids is 2. The Morgan fingerprint density at radius 2 is 1.68 bits per heavy atom. The molecule has 1 fully saturated rings. The Morgan fingerprint density at radius 1 is 1.03 bits per heavy atom. The second kappa shape index (κ2) is 10.8. The molecule has 0 saturated heterocycles. The molecule has 1 saturated carbocycles. The molecule has 6 nitrogen and oxygen atoms in total. The minimum atomic E-state index is -4.71. The monoisotopic (exact) mass is 479 g/mol. The fraction of sp³-hybridized carbons (Fsp3) is 0.440. The number of esters is 1. The first-order chi connectivity index (χ1) is 16.1. The Hall–Kier alpha value is -3.23. The molecule has 0 heterocycles. The summed E-state index contributed by atoms with van der Waals surface area (Å²) in [5.41, 5.74) is -0.505. The molecule has 2 aromatic rings. The van der Waals surface area contributed by atoms with E-state index >= 15 is 0 Å². The molecule has 3 rings (SSSR count). The quantitative estimate of drug-likeness (QED) is 0.493. The van der Waals surface area contributed by atoms with Gasteiger partial charge in [0.1, 0.15) is 0 Å². The number of methoxy groups -OCH3 is 2. The largest absolute Gasteiger partial charge is 0.493 e. The van der Waals surface area contributed by atoms with Crippen LogP contribution < -0.4 is 14.8 Å². The second-order valence-electron chi connectivity index (χ2n) is 8.25. The fourth-order valence-electron chi connectivity index (χ4n) is 4.18. The number of anilines is 1. The van der Waals surface area contributed by atoms with Crippen molar-refractivity contribution in [2.45, 2.75) is 57.2 Å². The highest BCUT2D eigenvalue weighted by molar-refractivity contribution is 5.89. The van der Waals surface area contributed by atoms with E-state index in [2.05, 4.69) is 5.32 Å². The van der Waals surface area contributed by atoms with Crippen LogP contribution in [0.1, 0.15) is 61.6 Å². The maximum atomic E-state index is 13.8. The zero-order valence-electron chi connectivity index (χ0n) is 19.3. The van der Waals surface area contributed by atoms with Crippen molar-refractivity contribution in [3.8, 4) is 11.5 Å². The lowest BCUT2D eigenvalue weighted by Gasteiger charge is -2.22. The molecule has 0 radical (unpaired) electrons. The number of benzene rings is 2. The Bertz CT molecular complexity index is 1030. The van der Waals surface area contributed by atoms with Crippen molar-refractivity contribution in [2.75, 3.05) is 19.5 Å². The lowest BCUT2D eigenvalue weighted by Crippen LogP contribution is -2.16. The Balaban J connectivity index is 2.07. The number of halogens is 3. The number of rotatable bonds is 8. The third-order valence-corrected chi connectivity index (χ3v) is 5.85. The van der Waals surface area contributed by atoms with Gasteiger partial charge < -0.3 is 19.5 Å². The van der Waals surface area contributed by atoms with E-state index in [1.807, 2.05) is 0 Å². The van der Waals surface area contributed by atoms with E-state index in [9.17, 15) is 22.8 Å². The SMILES string of the molecule is COC(=O)C[C@H](c1ccc(OC)c(OC2CCCC2)c1)c1ccc(NC(C)=O)c(C(F)(F)F)c1. The first-order valence-corrected chi connectivity index (χ1v) is 11.0. The Morgan fingerprint density at radius 3 is 2.26 bits per heavy atom. The number of carbonyl (C=O) groups is 2. The molecule has 1 N–H and O–H groups in total. The first-order valence-electron chi connectivity index (χ1n) is 11.0. The molecule has 0 bridgehead atoms. The van der Waals surface area contributed by atoms with Crippen LogP contribution in [-0.4, -0.2) is 32.2 Å². The highest BCUT2D eigenvalue weighted by Gasteiger charge is 2.35. The Kier molecular flexibility index (Phi) is 8.06. The molecule has 1 aliphatic carbocycles. The number of ether oxygens (including phenoxy) is 3. The molecule has 0 aromatic heterocycles. The fourth-order valence-corrected chi connectivity index (χ4v) is 4.18. The van der Waals surface area contributed by atoms with Crippen molar-refractivity contribution < 1.29 is 37.0 Å². The van der Waals surface area contributed by atoms with Gasteiger partial charge in [-0.2, -0.15) is 13.2 Å². The smallest absolute Gasteiger partial charge is 0.418 e. The van der Waals surface area contributed by atoms with Gasteiger partial charge in [-0.05, 0) is 61.1 Å². The predicted molar refractivity (Wildman–Crippen MR) is 120 cm³/mol. The highest BCUT2D eigenvalue weighted by atomic mass is 19.4. The van der Waals surface area contributed by atoms with Gasteiger partial charge in [0, 0.05) is 12.8 Å². The van der Waals surface area contributed by atoms with Gasteiger partial charge in [0.05, 0.1) is 38.0 Å². The van der Waals surface area contributed by atoms with Crippen molar-refractivity contribution in [1.82, 2.24) is 0 Å². The van der Waals surface area contributed by atoms with E-state index in [4.69, 9.17) is 14.2 Å². The van der Waals surface area contributed by atoms with Crippen molar-refractivity contribution in [1.29, 1.82) is 0 Å². The van der Waals surface area contributed by atoms with Crippen LogP contribution in [-0.2, 0) is 20.5 Å². The third-order valence-electron chi connectivity index (χ3n) is 5.85. The standard InChI is InChI=1S/C25H28F3NO5/c1-15(30)29-21-10-8-16(12-20(21)25(26,27)28)19(14-24(31)33-3)17-9-11-22(32-2)23(13-17)34-18-6-4-5-7-18/h8-13,18-19H,4-7,14H2,1-3H3,(H,29,30)/t19-/m0/s1. The first kappa shape index (κ1) is 25.4. The van der Waals surface area contributed by atoms with Gasteiger partial charge in [0.15, 0.2) is 11.5 Å². The Labute approximate surface area is 196 Å². The molecule has 0 unspecified atom stereocenters. The minimum absolute atomic E-state index is 0.0389. The molecule has 0 aliphatic heterocycles. The van der Waals surface area contributed by atoms with Crippen LogP contribution in [0.3, 0.4) is 0 Å². The van der Waals surface area contributed by atoms with Crippen LogP contribution in [0.2, 0.25) is 0 Å². The maximum Gasteiger partial charge on any atom is 0.418 e. The summed E-state index contributed by atoms with van der Waals surface area (Å²) in [6, 6.07) is 8.71. The van der Waals surface area contributed by atoms with E-state index in [-0.39, 0.29) is 23.8 Å². The van der Waals surface area contributed by atoms with Crippen molar-refractivity contribution in [2.24, 2.45) is 0 Å². The average Bonchev–Trinajstić information content (AvgIpc) is 3.29. The van der Waals surface area contributed by atoms with Gasteiger partial charge in [-0.3, -0.25) is 9.59 Å². The number of hydrogen-bond acceptors (Lipinski definition) is 5. The summed E-state index contributed by atoms with van der Waals surface area (Å²) in [5.74, 6) is -0.944. The summed E-state index contributed by atoms with van der Waals surface area (Å²) >= 11 is 0. The summed E-state index contributed by atoms with van der Waals surface area (Å²) in [6.07, 6.45) is -0.881. The molecular weight excluding hydrogens is 451 g/mol. The van der Waals surface area contributed by atoms with Crippen molar-refractivity contribution in [3.05, 3.63) is 53.1 Å². The van der Waals surface area contributed by atoms with Crippen LogP contribution in [0.25, 0.3) is 0 Å². The molecule has 9 heteroatoms. The molecule has 1 aliphatic rings. The van der Waals surface area contributed by atoms with E-state index in [1.165, 1.54) is 26.4 Å². The van der Waals surface area contributed by atoms with E-state index in [0.29, 0.717) is 17.1 Å². The minimum Gasteiger partial charge on any atom is -0.493 e. The van der Waals surface area contributed by atoms with Crippen LogP contribution in [0.4, 0.5) is 18.9 Å². The summed E-state index contributed by atoms with van der Waals surface area (Å²) < 4.78 is 57.7. The molecular formula is C25H28F3NO5. The summed E-state index contributed by atoms with van der Waals surface area (Å²) in [5, 5.41) is 2.22. The molecule has 1 amide bonds. The summed E-state index contributed by atoms with van der Waals surface area (Å²) in [7, 11) is 2.74. The lowest BCUT2D eigenvalue weighted by molar-refractivity contribution is -0.140. The molecule has 34 heavy (non-hydrogen) atoms. The van der Waals surface area contributed by atoms with Crippen LogP contribution in [0, 0.1) is 0 Å². The molecule has 2 aromatic carbocycles. The normalized spacial score (nSPS) is 15.0. The number of alkyl halides is 3. The second-order valence-corrected chi connectivity index (χ2v) is 8.25. The highest BCUT2D eigenvalue weighted by Crippen LogP contribution is 2.41. The van der Waals surface area contributed by atoms with E-state index in [0.717, 1.165) is 38.7 Å². The molecule has 0 spiro atoms. The topological polar surface area (TPSA) is 73.9 Å². The van der Waals surface area contributed by atoms with Gasteiger partial charge in [0.2, 0.25) is 5.91 Å².